The van der Waals surface area contributed by atoms with Crippen LogP contribution in [0.2, 0.25) is 0 Å². The molecule has 0 spiro atoms. The van der Waals surface area contributed by atoms with E-state index in [4.69, 9.17) is 0 Å². The molecule has 1 aliphatic rings. The van der Waals surface area contributed by atoms with Crippen LogP contribution in [0.3, 0.4) is 0 Å². The Morgan fingerprint density at radius 2 is 1.95 bits per heavy atom. The van der Waals surface area contributed by atoms with Gasteiger partial charge in [-0.2, -0.15) is 0 Å². The SMILES string of the molecule is CCN(C)c1ccccc1NC(=O)CC1CCCCC1. The van der Waals surface area contributed by atoms with Crippen molar-refractivity contribution in [3.8, 4) is 0 Å². The molecule has 3 heteroatoms. The number of hydrogen-bond acceptors (Lipinski definition) is 2. The number of anilines is 2. The third-order valence-electron chi connectivity index (χ3n) is 4.26. The number of nitrogens with zero attached hydrogens (tertiary/aromatic N) is 1. The topological polar surface area (TPSA) is 32.3 Å². The van der Waals surface area contributed by atoms with Crippen LogP contribution >= 0.6 is 0 Å². The van der Waals surface area contributed by atoms with E-state index < -0.39 is 0 Å². The van der Waals surface area contributed by atoms with Gasteiger partial charge in [0.05, 0.1) is 11.4 Å². The summed E-state index contributed by atoms with van der Waals surface area (Å²) in [6, 6.07) is 8.03. The molecule has 0 bridgehead atoms. The third-order valence-corrected chi connectivity index (χ3v) is 4.26. The molecule has 1 aromatic rings. The quantitative estimate of drug-likeness (QED) is 0.878. The number of benzene rings is 1. The summed E-state index contributed by atoms with van der Waals surface area (Å²) in [6.07, 6.45) is 7.00. The number of amides is 1. The molecule has 1 fully saturated rings. The number of para-hydroxylation sites is 2. The summed E-state index contributed by atoms with van der Waals surface area (Å²) in [5.41, 5.74) is 2.02. The maximum atomic E-state index is 12.2. The van der Waals surface area contributed by atoms with Crippen molar-refractivity contribution >= 4 is 17.3 Å². The average molecular weight is 274 g/mol. The highest BCUT2D eigenvalue weighted by molar-refractivity contribution is 5.94. The van der Waals surface area contributed by atoms with E-state index in [0.717, 1.165) is 17.9 Å². The van der Waals surface area contributed by atoms with Crippen LogP contribution in [0, 0.1) is 5.92 Å². The van der Waals surface area contributed by atoms with Gasteiger partial charge in [0.25, 0.3) is 0 Å². The lowest BCUT2D eigenvalue weighted by Crippen LogP contribution is -2.21. The lowest BCUT2D eigenvalue weighted by Gasteiger charge is -2.23. The van der Waals surface area contributed by atoms with Crippen LogP contribution in [0.25, 0.3) is 0 Å². The standard InChI is InChI=1S/C17H26N2O/c1-3-19(2)16-12-8-7-11-15(16)18-17(20)13-14-9-5-4-6-10-14/h7-8,11-12,14H,3-6,9-10,13H2,1-2H3,(H,18,20). The van der Waals surface area contributed by atoms with Crippen molar-refractivity contribution in [3.63, 3.8) is 0 Å². The van der Waals surface area contributed by atoms with E-state index in [1.165, 1.54) is 32.1 Å². The largest absolute Gasteiger partial charge is 0.373 e. The molecule has 0 saturated heterocycles. The van der Waals surface area contributed by atoms with Gasteiger partial charge in [-0.05, 0) is 37.8 Å². The van der Waals surface area contributed by atoms with Gasteiger partial charge in [-0.25, -0.2) is 0 Å². The predicted molar refractivity (Wildman–Crippen MR) is 85.2 cm³/mol. The average Bonchev–Trinajstić information content (AvgIpc) is 2.48. The second-order valence-electron chi connectivity index (χ2n) is 5.79. The monoisotopic (exact) mass is 274 g/mol. The summed E-state index contributed by atoms with van der Waals surface area (Å²) in [5.74, 6) is 0.744. The fourth-order valence-corrected chi connectivity index (χ4v) is 2.94. The van der Waals surface area contributed by atoms with Gasteiger partial charge in [-0.15, -0.1) is 0 Å². The molecule has 1 N–H and O–H groups in total. The number of carbonyl (C=O) groups excluding carboxylic acids is 1. The summed E-state index contributed by atoms with van der Waals surface area (Å²) in [5, 5.41) is 3.09. The molecule has 3 nitrogen and oxygen atoms in total. The lowest BCUT2D eigenvalue weighted by atomic mass is 9.87. The van der Waals surface area contributed by atoms with Crippen LogP contribution in [0.15, 0.2) is 24.3 Å². The lowest BCUT2D eigenvalue weighted by molar-refractivity contribution is -0.117. The molecule has 1 saturated carbocycles. The first-order valence-corrected chi connectivity index (χ1v) is 7.80. The Kier molecular flexibility index (Phi) is 5.45. The van der Waals surface area contributed by atoms with Crippen molar-refractivity contribution in [1.29, 1.82) is 0 Å². The molecule has 0 unspecified atom stereocenters. The summed E-state index contributed by atoms with van der Waals surface area (Å²) in [7, 11) is 2.05. The number of hydrogen-bond donors (Lipinski definition) is 1. The Morgan fingerprint density at radius 3 is 2.65 bits per heavy atom. The van der Waals surface area contributed by atoms with Crippen molar-refractivity contribution in [2.45, 2.75) is 45.4 Å². The van der Waals surface area contributed by atoms with Gasteiger partial charge >= 0.3 is 0 Å². The highest BCUT2D eigenvalue weighted by Crippen LogP contribution is 2.28. The van der Waals surface area contributed by atoms with Crippen molar-refractivity contribution in [2.75, 3.05) is 23.8 Å². The highest BCUT2D eigenvalue weighted by atomic mass is 16.1. The molecule has 0 atom stereocenters. The molecule has 1 aromatic carbocycles. The van der Waals surface area contributed by atoms with Crippen molar-refractivity contribution in [1.82, 2.24) is 0 Å². The minimum atomic E-state index is 0.161. The van der Waals surface area contributed by atoms with Gasteiger partial charge in [-0.3, -0.25) is 4.79 Å². The van der Waals surface area contributed by atoms with E-state index >= 15 is 0 Å². The van der Waals surface area contributed by atoms with E-state index in [0.29, 0.717) is 12.3 Å². The van der Waals surface area contributed by atoms with Crippen LogP contribution in [0.4, 0.5) is 11.4 Å². The van der Waals surface area contributed by atoms with Gasteiger partial charge in [0.2, 0.25) is 5.91 Å². The Bertz CT molecular complexity index is 438. The molecule has 20 heavy (non-hydrogen) atoms. The molecule has 110 valence electrons. The second kappa shape index (κ2) is 7.32. The summed E-state index contributed by atoms with van der Waals surface area (Å²) in [6.45, 7) is 3.04. The molecule has 1 aliphatic carbocycles. The highest BCUT2D eigenvalue weighted by Gasteiger charge is 2.17. The minimum absolute atomic E-state index is 0.161. The van der Waals surface area contributed by atoms with E-state index in [1.54, 1.807) is 0 Å². The van der Waals surface area contributed by atoms with Crippen molar-refractivity contribution in [2.24, 2.45) is 5.92 Å². The Hall–Kier alpha value is -1.51. The molecule has 0 heterocycles. The van der Waals surface area contributed by atoms with Crippen molar-refractivity contribution < 1.29 is 4.79 Å². The molecular weight excluding hydrogens is 248 g/mol. The molecular formula is C17H26N2O. The fourth-order valence-electron chi connectivity index (χ4n) is 2.94. The molecule has 0 aliphatic heterocycles. The third kappa shape index (κ3) is 3.99. The molecule has 0 radical (unpaired) electrons. The molecule has 0 aromatic heterocycles. The fraction of sp³-hybridized carbons (Fsp3) is 0.588. The maximum absolute atomic E-state index is 12.2. The zero-order valence-corrected chi connectivity index (χ0v) is 12.7. The van der Waals surface area contributed by atoms with Gasteiger partial charge < -0.3 is 10.2 Å². The normalized spacial score (nSPS) is 15.9. The van der Waals surface area contributed by atoms with Crippen LogP contribution in [0.1, 0.15) is 45.4 Å². The number of carbonyl (C=O) groups is 1. The number of rotatable bonds is 5. The zero-order chi connectivity index (χ0) is 14.4. The van der Waals surface area contributed by atoms with Crippen molar-refractivity contribution in [3.05, 3.63) is 24.3 Å². The Morgan fingerprint density at radius 1 is 1.25 bits per heavy atom. The Labute approximate surface area is 122 Å². The maximum Gasteiger partial charge on any atom is 0.224 e. The van der Waals surface area contributed by atoms with E-state index in [-0.39, 0.29) is 5.91 Å². The first kappa shape index (κ1) is 14.9. The van der Waals surface area contributed by atoms with Gasteiger partial charge in [0.1, 0.15) is 0 Å². The molecule has 2 rings (SSSR count). The zero-order valence-electron chi connectivity index (χ0n) is 12.7. The van der Waals surface area contributed by atoms with Crippen LogP contribution in [0.5, 0.6) is 0 Å². The van der Waals surface area contributed by atoms with E-state index in [9.17, 15) is 4.79 Å². The first-order valence-electron chi connectivity index (χ1n) is 7.80. The van der Waals surface area contributed by atoms with Gasteiger partial charge in [0, 0.05) is 20.0 Å². The smallest absolute Gasteiger partial charge is 0.224 e. The Balaban J connectivity index is 1.96. The predicted octanol–water partition coefficient (Wildman–Crippen LogP) is 4.05. The second-order valence-corrected chi connectivity index (χ2v) is 5.79. The van der Waals surface area contributed by atoms with Gasteiger partial charge in [-0.1, -0.05) is 31.4 Å². The number of nitrogens with one attached hydrogen (secondary N) is 1. The molecule has 1 amide bonds. The summed E-state index contributed by atoms with van der Waals surface area (Å²) in [4.78, 5) is 14.4. The van der Waals surface area contributed by atoms with Crippen LogP contribution < -0.4 is 10.2 Å². The summed E-state index contributed by atoms with van der Waals surface area (Å²) >= 11 is 0. The van der Waals surface area contributed by atoms with Crippen LogP contribution in [-0.2, 0) is 4.79 Å². The van der Waals surface area contributed by atoms with E-state index in [1.807, 2.05) is 25.2 Å². The summed E-state index contributed by atoms with van der Waals surface area (Å²) < 4.78 is 0. The van der Waals surface area contributed by atoms with E-state index in [2.05, 4.69) is 23.2 Å². The van der Waals surface area contributed by atoms with Gasteiger partial charge in [0.15, 0.2) is 0 Å². The minimum Gasteiger partial charge on any atom is -0.373 e. The van der Waals surface area contributed by atoms with Crippen LogP contribution in [-0.4, -0.2) is 19.5 Å². The first-order chi connectivity index (χ1) is 9.70.